The van der Waals surface area contributed by atoms with Crippen LogP contribution in [0.3, 0.4) is 0 Å². The molecule has 0 rings (SSSR count). The van der Waals surface area contributed by atoms with E-state index in [0.29, 0.717) is 0 Å². The van der Waals surface area contributed by atoms with Gasteiger partial charge in [0.1, 0.15) is 0 Å². The fraction of sp³-hybridized carbons (Fsp3) is 0.941. The molecule has 0 aromatic heterocycles. The lowest BCUT2D eigenvalue weighted by atomic mass is 10.0. The largest absolute Gasteiger partial charge is 0.368 e. The summed E-state index contributed by atoms with van der Waals surface area (Å²) in [7, 11) is 3.48. The highest BCUT2D eigenvalue weighted by atomic mass is 35.5. The molecule has 0 aliphatic heterocycles. The lowest BCUT2D eigenvalue weighted by Gasteiger charge is -2.14. The van der Waals surface area contributed by atoms with E-state index < -0.39 is 0 Å². The summed E-state index contributed by atoms with van der Waals surface area (Å²) < 4.78 is 0. The zero-order valence-corrected chi connectivity index (χ0v) is 15.3. The van der Waals surface area contributed by atoms with E-state index in [9.17, 15) is 4.79 Å². The van der Waals surface area contributed by atoms with Gasteiger partial charge in [0, 0.05) is 14.1 Å². The number of hydrogen-bond donors (Lipinski definition) is 0. The molecule has 3 nitrogen and oxygen atoms in total. The highest BCUT2D eigenvalue weighted by molar-refractivity contribution is 5.85. The fourth-order valence-corrected chi connectivity index (χ4v) is 2.33. The van der Waals surface area contributed by atoms with Crippen molar-refractivity contribution in [2.24, 2.45) is 5.92 Å². The van der Waals surface area contributed by atoms with E-state index in [1.165, 1.54) is 62.9 Å². The van der Waals surface area contributed by atoms with E-state index in [-0.39, 0.29) is 24.3 Å². The first-order chi connectivity index (χ1) is 9.57. The molecule has 0 N–H and O–H groups in total. The predicted octanol–water partition coefficient (Wildman–Crippen LogP) is 5.38. The van der Waals surface area contributed by atoms with Crippen molar-refractivity contribution in [1.29, 1.82) is 0 Å². The molecule has 0 radical (unpaired) electrons. The van der Waals surface area contributed by atoms with Crippen molar-refractivity contribution in [3.8, 4) is 0 Å². The van der Waals surface area contributed by atoms with Crippen molar-refractivity contribution in [3.63, 3.8) is 0 Å². The van der Waals surface area contributed by atoms with Gasteiger partial charge < -0.3 is 4.84 Å². The average Bonchev–Trinajstić information content (AvgIpc) is 2.39. The van der Waals surface area contributed by atoms with Gasteiger partial charge in [0.25, 0.3) is 0 Å². The summed E-state index contributed by atoms with van der Waals surface area (Å²) in [5.74, 6) is -0.0858. The van der Waals surface area contributed by atoms with E-state index in [2.05, 4.69) is 6.92 Å². The van der Waals surface area contributed by atoms with Crippen LogP contribution in [0.25, 0.3) is 0 Å². The van der Waals surface area contributed by atoms with Gasteiger partial charge >= 0.3 is 5.97 Å². The summed E-state index contributed by atoms with van der Waals surface area (Å²) in [6.45, 7) is 4.22. The quantitative estimate of drug-likeness (QED) is 0.337. The molecule has 1 atom stereocenters. The summed E-state index contributed by atoms with van der Waals surface area (Å²) in [4.78, 5) is 16.6. The van der Waals surface area contributed by atoms with Gasteiger partial charge in [0.2, 0.25) is 0 Å². The number of carbonyl (C=O) groups excluding carboxylic acids is 1. The van der Waals surface area contributed by atoms with Gasteiger partial charge in [-0.2, -0.15) is 0 Å². The third-order valence-corrected chi connectivity index (χ3v) is 3.67. The Morgan fingerprint density at radius 1 is 0.905 bits per heavy atom. The van der Waals surface area contributed by atoms with Crippen molar-refractivity contribution >= 4 is 18.4 Å². The monoisotopic (exact) mass is 321 g/mol. The summed E-state index contributed by atoms with van der Waals surface area (Å²) in [5.41, 5.74) is 0. The van der Waals surface area contributed by atoms with Crippen LogP contribution in [0.2, 0.25) is 0 Å². The number of hydrogen-bond acceptors (Lipinski definition) is 3. The summed E-state index contributed by atoms with van der Waals surface area (Å²) in [6.07, 6.45) is 14.3. The molecule has 0 aromatic carbocycles. The first-order valence-electron chi connectivity index (χ1n) is 8.47. The van der Waals surface area contributed by atoms with Crippen LogP contribution < -0.4 is 0 Å². The van der Waals surface area contributed by atoms with Gasteiger partial charge in [-0.05, 0) is 6.42 Å². The molecule has 4 heteroatoms. The van der Waals surface area contributed by atoms with Gasteiger partial charge in [-0.3, -0.25) is 4.79 Å². The number of hydroxylamine groups is 2. The molecular weight excluding hydrogens is 286 g/mol. The molecule has 0 heterocycles. The Bertz CT molecular complexity index is 235. The van der Waals surface area contributed by atoms with Crippen LogP contribution in [0.15, 0.2) is 0 Å². The average molecular weight is 322 g/mol. The van der Waals surface area contributed by atoms with Crippen molar-refractivity contribution in [1.82, 2.24) is 5.06 Å². The summed E-state index contributed by atoms with van der Waals surface area (Å²) in [6, 6.07) is 0. The number of rotatable bonds is 13. The van der Waals surface area contributed by atoms with Crippen LogP contribution in [0, 0.1) is 5.92 Å². The van der Waals surface area contributed by atoms with Crippen molar-refractivity contribution in [2.75, 3.05) is 14.1 Å². The van der Waals surface area contributed by atoms with E-state index in [1.807, 2.05) is 6.92 Å². The lowest BCUT2D eigenvalue weighted by molar-refractivity contribution is -0.183. The molecule has 1 unspecified atom stereocenters. The first-order valence-corrected chi connectivity index (χ1v) is 8.47. The minimum atomic E-state index is -0.106. The standard InChI is InChI=1S/C17H35NO2.ClH/c1-5-6-7-8-9-10-11-12-13-14-15-16(2)17(19)20-18(3)4;/h16H,5-15H2,1-4H3;1H. The van der Waals surface area contributed by atoms with Crippen molar-refractivity contribution in [2.45, 2.75) is 84.5 Å². The van der Waals surface area contributed by atoms with Crippen LogP contribution in [0.4, 0.5) is 0 Å². The SMILES string of the molecule is CCCCCCCCCCCCC(C)C(=O)ON(C)C.Cl. The Morgan fingerprint density at radius 2 is 1.33 bits per heavy atom. The van der Waals surface area contributed by atoms with Crippen LogP contribution in [0.1, 0.15) is 84.5 Å². The Morgan fingerprint density at radius 3 is 1.76 bits per heavy atom. The van der Waals surface area contributed by atoms with Crippen LogP contribution in [-0.2, 0) is 9.63 Å². The normalized spacial score (nSPS) is 12.0. The van der Waals surface area contributed by atoms with E-state index in [1.54, 1.807) is 14.1 Å². The zero-order valence-electron chi connectivity index (χ0n) is 14.5. The predicted molar refractivity (Wildman–Crippen MR) is 92.7 cm³/mol. The first kappa shape index (κ1) is 23.0. The maximum Gasteiger partial charge on any atom is 0.327 e. The number of carbonyl (C=O) groups is 1. The zero-order chi connectivity index (χ0) is 15.2. The summed E-state index contributed by atoms with van der Waals surface area (Å²) in [5, 5.41) is 1.47. The second kappa shape index (κ2) is 16.1. The molecule has 0 fully saturated rings. The Labute approximate surface area is 138 Å². The maximum atomic E-state index is 11.6. The summed E-state index contributed by atoms with van der Waals surface area (Å²) >= 11 is 0. The van der Waals surface area contributed by atoms with Gasteiger partial charge in [0.15, 0.2) is 0 Å². The van der Waals surface area contributed by atoms with Crippen LogP contribution >= 0.6 is 12.4 Å². The lowest BCUT2D eigenvalue weighted by Crippen LogP contribution is -2.23. The van der Waals surface area contributed by atoms with Gasteiger partial charge in [-0.1, -0.05) is 78.1 Å². The van der Waals surface area contributed by atoms with Gasteiger partial charge in [0.05, 0.1) is 5.92 Å². The molecule has 0 aromatic rings. The second-order valence-corrected chi connectivity index (χ2v) is 6.09. The van der Waals surface area contributed by atoms with Gasteiger partial charge in [-0.15, -0.1) is 17.5 Å². The minimum Gasteiger partial charge on any atom is -0.368 e. The molecule has 0 amide bonds. The maximum absolute atomic E-state index is 11.6. The van der Waals surface area contributed by atoms with Crippen LogP contribution in [-0.4, -0.2) is 25.1 Å². The minimum absolute atomic E-state index is 0. The van der Waals surface area contributed by atoms with Crippen molar-refractivity contribution < 1.29 is 9.63 Å². The molecule has 0 saturated heterocycles. The highest BCUT2D eigenvalue weighted by Crippen LogP contribution is 2.14. The van der Waals surface area contributed by atoms with E-state index in [0.717, 1.165) is 12.8 Å². The Kier molecular flexibility index (Phi) is 17.6. The third-order valence-electron chi connectivity index (χ3n) is 3.67. The molecule has 0 aliphatic carbocycles. The molecule has 128 valence electrons. The fourth-order valence-electron chi connectivity index (χ4n) is 2.33. The second-order valence-electron chi connectivity index (χ2n) is 6.09. The molecule has 21 heavy (non-hydrogen) atoms. The molecular formula is C17H36ClNO2. The number of unbranched alkanes of at least 4 members (excludes halogenated alkanes) is 9. The van der Waals surface area contributed by atoms with E-state index in [4.69, 9.17) is 4.84 Å². The third kappa shape index (κ3) is 15.9. The number of halogens is 1. The van der Waals surface area contributed by atoms with E-state index >= 15 is 0 Å². The highest BCUT2D eigenvalue weighted by Gasteiger charge is 2.14. The van der Waals surface area contributed by atoms with Crippen LogP contribution in [0.5, 0.6) is 0 Å². The number of nitrogens with zero attached hydrogens (tertiary/aromatic N) is 1. The molecule has 0 bridgehead atoms. The molecule has 0 saturated carbocycles. The Hall–Kier alpha value is -0.280. The smallest absolute Gasteiger partial charge is 0.327 e. The van der Waals surface area contributed by atoms with Crippen molar-refractivity contribution in [3.05, 3.63) is 0 Å². The molecule has 0 spiro atoms. The molecule has 0 aliphatic rings. The topological polar surface area (TPSA) is 29.5 Å². The Balaban J connectivity index is 0. The van der Waals surface area contributed by atoms with Gasteiger partial charge in [-0.25, -0.2) is 0 Å².